The van der Waals surface area contributed by atoms with Gasteiger partial charge in [-0.3, -0.25) is 9.59 Å². The van der Waals surface area contributed by atoms with Crippen LogP contribution in [0.3, 0.4) is 0 Å². The minimum Gasteiger partial charge on any atom is -0.510 e. The Labute approximate surface area is 184 Å². The van der Waals surface area contributed by atoms with E-state index in [-0.39, 0.29) is 35.5 Å². The molecule has 166 valence electrons. The van der Waals surface area contributed by atoms with Crippen LogP contribution in [0, 0.1) is 5.82 Å². The SMILES string of the molecule is C=C(O)COC1CCN(C(=O)c2cc(Cc3n[nH]c(=O)c4ccccc34)ccc2F)CC1. The number of amides is 1. The monoisotopic (exact) mass is 437 g/mol. The van der Waals surface area contributed by atoms with Crippen LogP contribution in [-0.4, -0.2) is 51.9 Å². The molecule has 4 rings (SSSR count). The van der Waals surface area contributed by atoms with Crippen LogP contribution in [0.25, 0.3) is 10.8 Å². The summed E-state index contributed by atoms with van der Waals surface area (Å²) in [4.78, 5) is 26.6. The van der Waals surface area contributed by atoms with Gasteiger partial charge < -0.3 is 14.7 Å². The first kappa shape index (κ1) is 21.7. The fourth-order valence-electron chi connectivity index (χ4n) is 3.96. The topological polar surface area (TPSA) is 95.5 Å². The molecule has 8 heteroatoms. The van der Waals surface area contributed by atoms with Crippen molar-refractivity contribution >= 4 is 16.7 Å². The molecule has 0 spiro atoms. The van der Waals surface area contributed by atoms with Crippen LogP contribution in [0.15, 0.2) is 59.6 Å². The number of likely N-dealkylation sites (tertiary alicyclic amines) is 1. The number of nitrogens with zero attached hydrogens (tertiary/aromatic N) is 2. The fraction of sp³-hybridized carbons (Fsp3) is 0.292. The van der Waals surface area contributed by atoms with Gasteiger partial charge in [-0.1, -0.05) is 30.8 Å². The maximum Gasteiger partial charge on any atom is 0.272 e. The summed E-state index contributed by atoms with van der Waals surface area (Å²) >= 11 is 0. The van der Waals surface area contributed by atoms with E-state index in [2.05, 4.69) is 16.8 Å². The van der Waals surface area contributed by atoms with Crippen molar-refractivity contribution in [2.24, 2.45) is 0 Å². The van der Waals surface area contributed by atoms with Crippen molar-refractivity contribution in [1.82, 2.24) is 15.1 Å². The number of H-pyrrole nitrogens is 1. The number of aliphatic hydroxyl groups excluding tert-OH is 1. The summed E-state index contributed by atoms with van der Waals surface area (Å²) in [6.45, 7) is 4.35. The molecule has 1 fully saturated rings. The van der Waals surface area contributed by atoms with Gasteiger partial charge >= 0.3 is 0 Å². The molecule has 2 heterocycles. The zero-order valence-electron chi connectivity index (χ0n) is 17.5. The smallest absolute Gasteiger partial charge is 0.272 e. The molecule has 2 N–H and O–H groups in total. The summed E-state index contributed by atoms with van der Waals surface area (Å²) in [5, 5.41) is 17.1. The van der Waals surface area contributed by atoms with E-state index in [9.17, 15) is 14.0 Å². The highest BCUT2D eigenvalue weighted by atomic mass is 19.1. The van der Waals surface area contributed by atoms with Crippen LogP contribution in [0.5, 0.6) is 0 Å². The molecule has 1 aromatic heterocycles. The number of aliphatic hydroxyl groups is 1. The number of aromatic nitrogens is 2. The van der Waals surface area contributed by atoms with Crippen LogP contribution in [-0.2, 0) is 11.2 Å². The molecule has 1 saturated heterocycles. The van der Waals surface area contributed by atoms with Gasteiger partial charge in [-0.25, -0.2) is 9.49 Å². The number of nitrogens with one attached hydrogen (secondary N) is 1. The lowest BCUT2D eigenvalue weighted by Crippen LogP contribution is -2.41. The van der Waals surface area contributed by atoms with E-state index in [1.807, 2.05) is 12.1 Å². The number of halogens is 1. The second-order valence-electron chi connectivity index (χ2n) is 7.90. The second-order valence-corrected chi connectivity index (χ2v) is 7.90. The third-order valence-corrected chi connectivity index (χ3v) is 5.62. The van der Waals surface area contributed by atoms with E-state index in [0.717, 1.165) is 10.9 Å². The van der Waals surface area contributed by atoms with Gasteiger partial charge in [0.05, 0.1) is 22.7 Å². The molecule has 0 bridgehead atoms. The molecule has 3 aromatic rings. The van der Waals surface area contributed by atoms with Crippen molar-refractivity contribution in [2.75, 3.05) is 19.7 Å². The van der Waals surface area contributed by atoms with Gasteiger partial charge in [0.2, 0.25) is 0 Å². The maximum atomic E-state index is 14.5. The fourth-order valence-corrected chi connectivity index (χ4v) is 3.96. The Morgan fingerprint density at radius 2 is 1.94 bits per heavy atom. The Morgan fingerprint density at radius 1 is 1.22 bits per heavy atom. The zero-order chi connectivity index (χ0) is 22.7. The number of fused-ring (bicyclic) bond motifs is 1. The largest absolute Gasteiger partial charge is 0.510 e. The molecule has 0 aliphatic carbocycles. The molecular weight excluding hydrogens is 413 g/mol. The van der Waals surface area contributed by atoms with Crippen molar-refractivity contribution in [3.8, 4) is 0 Å². The summed E-state index contributed by atoms with van der Waals surface area (Å²) in [5.74, 6) is -0.978. The Bertz CT molecular complexity index is 1220. The lowest BCUT2D eigenvalue weighted by molar-refractivity contribution is 0.00942. The predicted octanol–water partition coefficient (Wildman–Crippen LogP) is 3.35. The van der Waals surface area contributed by atoms with E-state index < -0.39 is 5.82 Å². The summed E-state index contributed by atoms with van der Waals surface area (Å²) in [6, 6.07) is 11.6. The normalized spacial score (nSPS) is 14.6. The number of carbonyl (C=O) groups is 1. The average molecular weight is 437 g/mol. The van der Waals surface area contributed by atoms with Crippen LogP contribution < -0.4 is 5.56 Å². The third-order valence-electron chi connectivity index (χ3n) is 5.62. The van der Waals surface area contributed by atoms with Crippen molar-refractivity contribution in [3.63, 3.8) is 0 Å². The zero-order valence-corrected chi connectivity index (χ0v) is 17.5. The van der Waals surface area contributed by atoms with Gasteiger partial charge in [-0.05, 0) is 36.6 Å². The Hall–Kier alpha value is -3.52. The summed E-state index contributed by atoms with van der Waals surface area (Å²) in [6.07, 6.45) is 1.48. The number of hydrogen-bond donors (Lipinski definition) is 2. The summed E-state index contributed by atoms with van der Waals surface area (Å²) in [7, 11) is 0. The number of aromatic amines is 1. The summed E-state index contributed by atoms with van der Waals surface area (Å²) in [5.41, 5.74) is 1.11. The second kappa shape index (κ2) is 9.32. The maximum absolute atomic E-state index is 14.5. The number of ether oxygens (including phenoxy) is 1. The molecule has 0 saturated carbocycles. The standard InChI is InChI=1S/C24H24FN3O4/c1-15(29)14-32-17-8-10-28(11-9-17)24(31)20-12-16(6-7-21(20)25)13-22-18-4-2-3-5-19(18)23(30)27-26-22/h2-7,12,17,29H,1,8-11,13-14H2,(H,27,30). The van der Waals surface area contributed by atoms with Gasteiger partial charge in [0.15, 0.2) is 0 Å². The lowest BCUT2D eigenvalue weighted by Gasteiger charge is -2.32. The third kappa shape index (κ3) is 4.70. The molecule has 1 aliphatic heterocycles. The highest BCUT2D eigenvalue weighted by Gasteiger charge is 2.26. The number of rotatable bonds is 6. The Kier molecular flexibility index (Phi) is 6.32. The molecule has 1 amide bonds. The van der Waals surface area contributed by atoms with Crippen LogP contribution in [0.2, 0.25) is 0 Å². The summed E-state index contributed by atoms with van der Waals surface area (Å²) < 4.78 is 20.1. The molecule has 7 nitrogen and oxygen atoms in total. The number of piperidine rings is 1. The molecule has 1 aliphatic rings. The minimum absolute atomic E-state index is 0.0133. The van der Waals surface area contributed by atoms with Crippen molar-refractivity contribution < 1.29 is 19.0 Å². The quantitative estimate of drug-likeness (QED) is 0.577. The van der Waals surface area contributed by atoms with Gasteiger partial charge in [0.25, 0.3) is 11.5 Å². The molecule has 0 radical (unpaired) electrons. The molecule has 2 aromatic carbocycles. The van der Waals surface area contributed by atoms with E-state index in [0.29, 0.717) is 43.4 Å². The van der Waals surface area contributed by atoms with Gasteiger partial charge in [0, 0.05) is 24.9 Å². The molecule has 0 atom stereocenters. The van der Waals surface area contributed by atoms with Crippen molar-refractivity contribution in [3.05, 3.63) is 87.8 Å². The van der Waals surface area contributed by atoms with E-state index in [1.54, 1.807) is 29.2 Å². The highest BCUT2D eigenvalue weighted by Crippen LogP contribution is 2.21. The number of hydrogen-bond acceptors (Lipinski definition) is 5. The van der Waals surface area contributed by atoms with E-state index >= 15 is 0 Å². The predicted molar refractivity (Wildman–Crippen MR) is 118 cm³/mol. The molecule has 32 heavy (non-hydrogen) atoms. The Balaban J connectivity index is 1.50. The minimum atomic E-state index is -0.576. The van der Waals surface area contributed by atoms with Gasteiger partial charge in [-0.15, -0.1) is 0 Å². The first-order chi connectivity index (χ1) is 15.4. The van der Waals surface area contributed by atoms with Crippen molar-refractivity contribution in [1.29, 1.82) is 0 Å². The highest BCUT2D eigenvalue weighted by molar-refractivity contribution is 5.95. The van der Waals surface area contributed by atoms with Gasteiger partial charge in [0.1, 0.15) is 18.2 Å². The van der Waals surface area contributed by atoms with Crippen LogP contribution in [0.1, 0.15) is 34.5 Å². The first-order valence-electron chi connectivity index (χ1n) is 10.4. The first-order valence-corrected chi connectivity index (χ1v) is 10.4. The number of carbonyl (C=O) groups excluding carboxylic acids is 1. The van der Waals surface area contributed by atoms with Crippen LogP contribution >= 0.6 is 0 Å². The van der Waals surface area contributed by atoms with Gasteiger partial charge in [-0.2, -0.15) is 5.10 Å². The van der Waals surface area contributed by atoms with E-state index in [4.69, 9.17) is 9.84 Å². The molecule has 0 unspecified atom stereocenters. The Morgan fingerprint density at radius 3 is 2.66 bits per heavy atom. The number of benzene rings is 2. The van der Waals surface area contributed by atoms with Crippen LogP contribution in [0.4, 0.5) is 4.39 Å². The van der Waals surface area contributed by atoms with E-state index in [1.165, 1.54) is 6.07 Å². The average Bonchev–Trinajstić information content (AvgIpc) is 2.81. The lowest BCUT2D eigenvalue weighted by atomic mass is 10.0. The van der Waals surface area contributed by atoms with Crippen molar-refractivity contribution in [2.45, 2.75) is 25.4 Å². The molecular formula is C24H24FN3O4.